The smallest absolute Gasteiger partial charge is 0.256 e. The fourth-order valence-electron chi connectivity index (χ4n) is 2.55. The first kappa shape index (κ1) is 18.4. The van der Waals surface area contributed by atoms with E-state index in [2.05, 4.69) is 10.3 Å². The fraction of sp³-hybridized carbons (Fsp3) is 0.0500. The van der Waals surface area contributed by atoms with Crippen LogP contribution in [0.2, 0.25) is 5.02 Å². The predicted molar refractivity (Wildman–Crippen MR) is 107 cm³/mol. The molecule has 0 saturated heterocycles. The van der Waals surface area contributed by atoms with Crippen LogP contribution in [0.25, 0.3) is 11.1 Å². The van der Waals surface area contributed by atoms with E-state index in [1.165, 1.54) is 6.07 Å². The van der Waals surface area contributed by atoms with E-state index < -0.39 is 5.91 Å². The molecule has 2 aromatic carbocycles. The summed E-state index contributed by atoms with van der Waals surface area (Å²) < 4.78 is 0. The molecule has 0 radical (unpaired) electrons. The fourth-order valence-corrected chi connectivity index (χ4v) is 2.77. The van der Waals surface area contributed by atoms with Gasteiger partial charge in [0.25, 0.3) is 5.91 Å². The monoisotopic (exact) mass is 380 g/mol. The van der Waals surface area contributed by atoms with Crippen molar-refractivity contribution >= 4 is 35.1 Å². The molecule has 27 heavy (non-hydrogen) atoms. The number of hydrogen-bond acceptors (Lipinski definition) is 4. The summed E-state index contributed by atoms with van der Waals surface area (Å²) in [6, 6.07) is 15.1. The maximum absolute atomic E-state index is 12.3. The van der Waals surface area contributed by atoms with E-state index in [9.17, 15) is 9.59 Å². The highest BCUT2D eigenvalue weighted by Crippen LogP contribution is 2.32. The van der Waals surface area contributed by atoms with Gasteiger partial charge in [0.05, 0.1) is 0 Å². The van der Waals surface area contributed by atoms with Gasteiger partial charge >= 0.3 is 0 Å². The predicted octanol–water partition coefficient (Wildman–Crippen LogP) is 3.64. The highest BCUT2D eigenvalue weighted by molar-refractivity contribution is 6.33. The van der Waals surface area contributed by atoms with Crippen molar-refractivity contribution in [2.24, 2.45) is 5.73 Å². The molecule has 0 spiro atoms. The van der Waals surface area contributed by atoms with Crippen molar-refractivity contribution in [1.82, 2.24) is 4.98 Å². The lowest BCUT2D eigenvalue weighted by molar-refractivity contribution is 0.0997. The van der Waals surface area contributed by atoms with Crippen LogP contribution < -0.4 is 16.8 Å². The van der Waals surface area contributed by atoms with E-state index in [0.29, 0.717) is 33.1 Å². The largest absolute Gasteiger partial charge is 0.383 e. The van der Waals surface area contributed by atoms with Crippen LogP contribution >= 0.6 is 11.6 Å². The Hall–Kier alpha value is -3.38. The number of hydrogen-bond donors (Lipinski definition) is 3. The van der Waals surface area contributed by atoms with Gasteiger partial charge in [-0.1, -0.05) is 29.3 Å². The van der Waals surface area contributed by atoms with Gasteiger partial charge in [-0.15, -0.1) is 0 Å². The zero-order valence-electron chi connectivity index (χ0n) is 14.5. The van der Waals surface area contributed by atoms with E-state index >= 15 is 0 Å². The quantitative estimate of drug-likeness (QED) is 0.641. The number of pyridine rings is 1. The first-order valence-corrected chi connectivity index (χ1v) is 8.47. The van der Waals surface area contributed by atoms with Crippen LogP contribution in [0.1, 0.15) is 26.3 Å². The zero-order chi connectivity index (χ0) is 19.6. The number of rotatable bonds is 4. The number of carbonyl (C=O) groups excluding carboxylic acids is 2. The molecule has 0 fully saturated rings. The Labute approximate surface area is 161 Å². The second kappa shape index (κ2) is 7.47. The van der Waals surface area contributed by atoms with Gasteiger partial charge in [-0.2, -0.15) is 0 Å². The number of nitrogens with two attached hydrogens (primary N) is 2. The molecule has 1 heterocycles. The molecule has 6 nitrogen and oxygen atoms in total. The summed E-state index contributed by atoms with van der Waals surface area (Å²) in [7, 11) is 0. The van der Waals surface area contributed by atoms with Crippen LogP contribution in [0.3, 0.4) is 0 Å². The number of primary amides is 1. The summed E-state index contributed by atoms with van der Waals surface area (Å²) in [6.07, 6.45) is 0. The molecule has 3 rings (SSSR count). The van der Waals surface area contributed by atoms with Gasteiger partial charge in [-0.3, -0.25) is 9.59 Å². The van der Waals surface area contributed by atoms with Crippen molar-refractivity contribution < 1.29 is 9.59 Å². The van der Waals surface area contributed by atoms with E-state index in [1.807, 2.05) is 19.1 Å². The van der Waals surface area contributed by atoms with Gasteiger partial charge in [-0.25, -0.2) is 4.98 Å². The van der Waals surface area contributed by atoms with Gasteiger partial charge in [-0.05, 0) is 49.4 Å². The van der Waals surface area contributed by atoms with Crippen LogP contribution in [0.15, 0.2) is 54.6 Å². The lowest BCUT2D eigenvalue weighted by Crippen LogP contribution is -2.13. The number of amides is 2. The Balaban J connectivity index is 1.88. The number of nitrogen functional groups attached to an aromatic ring is 1. The van der Waals surface area contributed by atoms with Gasteiger partial charge in [0.1, 0.15) is 11.6 Å². The van der Waals surface area contributed by atoms with Crippen molar-refractivity contribution in [3.63, 3.8) is 0 Å². The maximum atomic E-state index is 12.3. The summed E-state index contributed by atoms with van der Waals surface area (Å²) >= 11 is 6.22. The van der Waals surface area contributed by atoms with Crippen molar-refractivity contribution in [3.05, 3.63) is 76.3 Å². The van der Waals surface area contributed by atoms with E-state index in [-0.39, 0.29) is 11.7 Å². The second-order valence-corrected chi connectivity index (χ2v) is 6.42. The number of nitrogens with one attached hydrogen (secondary N) is 1. The van der Waals surface area contributed by atoms with Crippen LogP contribution in [0.5, 0.6) is 0 Å². The minimum absolute atomic E-state index is 0.167. The number of halogens is 1. The first-order valence-electron chi connectivity index (χ1n) is 8.09. The van der Waals surface area contributed by atoms with Gasteiger partial charge < -0.3 is 16.8 Å². The SMILES string of the molecule is Cc1ccc(C(=O)Nc2ccc(-c3cc(C(N)=O)ccc3Cl)c(N)n2)cc1. The van der Waals surface area contributed by atoms with Crippen molar-refractivity contribution in [2.75, 3.05) is 11.1 Å². The van der Waals surface area contributed by atoms with Crippen LogP contribution in [-0.2, 0) is 0 Å². The Morgan fingerprint density at radius 1 is 0.963 bits per heavy atom. The van der Waals surface area contributed by atoms with E-state index in [1.54, 1.807) is 36.4 Å². The Morgan fingerprint density at radius 3 is 2.26 bits per heavy atom. The summed E-state index contributed by atoms with van der Waals surface area (Å²) in [5, 5.41) is 3.11. The molecule has 0 bridgehead atoms. The topological polar surface area (TPSA) is 111 Å². The molecule has 5 N–H and O–H groups in total. The van der Waals surface area contributed by atoms with E-state index in [4.69, 9.17) is 23.1 Å². The van der Waals surface area contributed by atoms with Gasteiger partial charge in [0.2, 0.25) is 5.91 Å². The molecular formula is C20H17ClN4O2. The number of aromatic nitrogens is 1. The Morgan fingerprint density at radius 2 is 1.63 bits per heavy atom. The average Bonchev–Trinajstić information content (AvgIpc) is 2.63. The van der Waals surface area contributed by atoms with E-state index in [0.717, 1.165) is 5.56 Å². The zero-order valence-corrected chi connectivity index (χ0v) is 15.2. The molecule has 2 amide bonds. The summed E-state index contributed by atoms with van der Waals surface area (Å²) in [5.74, 6) is -0.380. The summed E-state index contributed by atoms with van der Waals surface area (Å²) in [6.45, 7) is 1.95. The van der Waals surface area contributed by atoms with Crippen molar-refractivity contribution in [1.29, 1.82) is 0 Å². The van der Waals surface area contributed by atoms with Crippen LogP contribution in [0, 0.1) is 6.92 Å². The van der Waals surface area contributed by atoms with Crippen LogP contribution in [0.4, 0.5) is 11.6 Å². The Bertz CT molecular complexity index is 1030. The van der Waals surface area contributed by atoms with Gasteiger partial charge in [0.15, 0.2) is 0 Å². The number of anilines is 2. The summed E-state index contributed by atoms with van der Waals surface area (Å²) in [4.78, 5) is 27.9. The van der Waals surface area contributed by atoms with Crippen molar-refractivity contribution in [3.8, 4) is 11.1 Å². The number of carbonyl (C=O) groups is 2. The van der Waals surface area contributed by atoms with Crippen molar-refractivity contribution in [2.45, 2.75) is 6.92 Å². The maximum Gasteiger partial charge on any atom is 0.256 e. The molecule has 0 atom stereocenters. The molecule has 136 valence electrons. The highest BCUT2D eigenvalue weighted by atomic mass is 35.5. The Kier molecular flexibility index (Phi) is 5.09. The lowest BCUT2D eigenvalue weighted by atomic mass is 10.0. The lowest BCUT2D eigenvalue weighted by Gasteiger charge is -2.11. The second-order valence-electron chi connectivity index (χ2n) is 6.01. The molecule has 3 aromatic rings. The summed E-state index contributed by atoms with van der Waals surface area (Å²) in [5.41, 5.74) is 14.3. The molecule has 7 heteroatoms. The van der Waals surface area contributed by atoms with Crippen LogP contribution in [-0.4, -0.2) is 16.8 Å². The molecule has 0 aliphatic rings. The third kappa shape index (κ3) is 4.07. The molecule has 1 aromatic heterocycles. The molecular weight excluding hydrogens is 364 g/mol. The first-order chi connectivity index (χ1) is 12.8. The molecule has 0 unspecified atom stereocenters. The minimum Gasteiger partial charge on any atom is -0.383 e. The highest BCUT2D eigenvalue weighted by Gasteiger charge is 2.13. The molecule has 0 saturated carbocycles. The van der Waals surface area contributed by atoms with Gasteiger partial charge in [0, 0.05) is 27.3 Å². The average molecular weight is 381 g/mol. The minimum atomic E-state index is -0.568. The molecule has 0 aliphatic heterocycles. The third-order valence-electron chi connectivity index (χ3n) is 4.02. The number of aryl methyl sites for hydroxylation is 1. The third-order valence-corrected chi connectivity index (χ3v) is 4.35. The number of benzene rings is 2. The number of nitrogens with zero attached hydrogens (tertiary/aromatic N) is 1. The molecule has 0 aliphatic carbocycles. The standard InChI is InChI=1S/C20H17ClN4O2/c1-11-2-4-12(5-3-11)20(27)25-17-9-7-14(18(22)24-17)15-10-13(19(23)26)6-8-16(15)21/h2-10H,1H3,(H2,23,26)(H3,22,24,25,27). The normalized spacial score (nSPS) is 10.4.